The fraction of sp³-hybridized carbons (Fsp3) is 0.308. The molecule has 1 aromatic carbocycles. The summed E-state index contributed by atoms with van der Waals surface area (Å²) in [7, 11) is 0. The van der Waals surface area contributed by atoms with Gasteiger partial charge in [-0.15, -0.1) is 0 Å². The molecule has 108 valence electrons. The van der Waals surface area contributed by atoms with Crippen LogP contribution in [-0.4, -0.2) is 14.9 Å². The van der Waals surface area contributed by atoms with Crippen LogP contribution in [0.3, 0.4) is 0 Å². The Balaban J connectivity index is 2.54. The van der Waals surface area contributed by atoms with Crippen molar-refractivity contribution in [2.75, 3.05) is 0 Å². The minimum Gasteiger partial charge on any atom is -0.382 e. The fourth-order valence-corrected chi connectivity index (χ4v) is 2.40. The molecule has 20 heavy (non-hydrogen) atoms. The Bertz CT molecular complexity index is 643. The van der Waals surface area contributed by atoms with Crippen molar-refractivity contribution >= 4 is 15.9 Å². The summed E-state index contributed by atoms with van der Waals surface area (Å²) in [5.41, 5.74) is -0.0584. The summed E-state index contributed by atoms with van der Waals surface area (Å²) < 4.78 is 41.8. The van der Waals surface area contributed by atoms with Crippen LogP contribution in [0.25, 0.3) is 0 Å². The van der Waals surface area contributed by atoms with Crippen LogP contribution in [0.4, 0.5) is 13.2 Å². The highest BCUT2D eigenvalue weighted by Gasteiger charge is 2.25. The first-order chi connectivity index (χ1) is 9.32. The Morgan fingerprint density at radius 2 is 1.75 bits per heavy atom. The first-order valence-electron chi connectivity index (χ1n) is 5.88. The van der Waals surface area contributed by atoms with Crippen LogP contribution in [0.2, 0.25) is 0 Å². The molecule has 0 aliphatic rings. The van der Waals surface area contributed by atoms with Crippen LogP contribution in [0, 0.1) is 17.5 Å². The van der Waals surface area contributed by atoms with Crippen molar-refractivity contribution in [1.82, 2.24) is 9.78 Å². The highest BCUT2D eigenvalue weighted by atomic mass is 79.9. The Morgan fingerprint density at radius 1 is 1.15 bits per heavy atom. The van der Waals surface area contributed by atoms with Crippen molar-refractivity contribution < 1.29 is 18.3 Å². The summed E-state index contributed by atoms with van der Waals surface area (Å²) in [5, 5.41) is 14.3. The van der Waals surface area contributed by atoms with E-state index in [4.69, 9.17) is 0 Å². The number of aliphatic hydroxyl groups is 1. The molecule has 0 bridgehead atoms. The molecule has 1 atom stereocenters. The molecule has 0 spiro atoms. The molecule has 2 aromatic rings. The Labute approximate surface area is 122 Å². The van der Waals surface area contributed by atoms with E-state index in [2.05, 4.69) is 21.0 Å². The number of aromatic nitrogens is 2. The van der Waals surface area contributed by atoms with E-state index in [1.54, 1.807) is 0 Å². The summed E-state index contributed by atoms with van der Waals surface area (Å²) >= 11 is 3.21. The molecule has 7 heteroatoms. The number of benzene rings is 1. The maximum Gasteiger partial charge on any atom is 0.161 e. The molecule has 0 saturated carbocycles. The third kappa shape index (κ3) is 2.60. The van der Waals surface area contributed by atoms with Crippen LogP contribution < -0.4 is 0 Å². The van der Waals surface area contributed by atoms with Gasteiger partial charge in [0, 0.05) is 17.7 Å². The van der Waals surface area contributed by atoms with Gasteiger partial charge in [0.05, 0.1) is 16.4 Å². The van der Waals surface area contributed by atoms with Gasteiger partial charge in [-0.25, -0.2) is 13.2 Å². The third-order valence-corrected chi connectivity index (χ3v) is 3.48. The second-order valence-corrected chi connectivity index (χ2v) is 5.46. The van der Waals surface area contributed by atoms with Crippen LogP contribution >= 0.6 is 15.9 Å². The molecular formula is C13H12BrF3N2O. The van der Waals surface area contributed by atoms with Crippen LogP contribution in [0.1, 0.15) is 37.3 Å². The van der Waals surface area contributed by atoms with E-state index < -0.39 is 23.6 Å². The smallest absolute Gasteiger partial charge is 0.161 e. The maximum atomic E-state index is 13.7. The quantitative estimate of drug-likeness (QED) is 0.858. The largest absolute Gasteiger partial charge is 0.382 e. The number of hydrogen-bond donors (Lipinski definition) is 1. The van der Waals surface area contributed by atoms with Gasteiger partial charge in [-0.1, -0.05) is 0 Å². The van der Waals surface area contributed by atoms with Gasteiger partial charge in [-0.3, -0.25) is 4.68 Å². The van der Waals surface area contributed by atoms with Gasteiger partial charge in [0.2, 0.25) is 0 Å². The zero-order valence-corrected chi connectivity index (χ0v) is 12.3. The van der Waals surface area contributed by atoms with Crippen LogP contribution in [0.5, 0.6) is 0 Å². The number of halogens is 4. The predicted molar refractivity (Wildman–Crippen MR) is 70.7 cm³/mol. The lowest BCUT2D eigenvalue weighted by Crippen LogP contribution is -2.14. The maximum absolute atomic E-state index is 13.7. The van der Waals surface area contributed by atoms with Crippen LogP contribution in [-0.2, 0) is 0 Å². The summed E-state index contributed by atoms with van der Waals surface area (Å²) in [5.74, 6) is -3.53. The SMILES string of the molecule is CC(C)n1ncc(Br)c1C(O)c1cc(F)c(F)cc1F. The fourth-order valence-electron chi connectivity index (χ4n) is 1.91. The Kier molecular flexibility index (Phi) is 4.19. The van der Waals surface area contributed by atoms with Crippen molar-refractivity contribution in [2.24, 2.45) is 0 Å². The molecule has 0 amide bonds. The van der Waals surface area contributed by atoms with Gasteiger partial charge in [0.25, 0.3) is 0 Å². The molecule has 0 saturated heterocycles. The second kappa shape index (κ2) is 5.57. The minimum absolute atomic E-state index is 0.0840. The first kappa shape index (κ1) is 15.1. The van der Waals surface area contributed by atoms with Crippen molar-refractivity contribution in [3.05, 3.63) is 51.5 Å². The van der Waals surface area contributed by atoms with Crippen LogP contribution in [0.15, 0.2) is 22.8 Å². The number of aliphatic hydroxyl groups excluding tert-OH is 1. The van der Waals surface area contributed by atoms with Crippen molar-refractivity contribution in [1.29, 1.82) is 0 Å². The van der Waals surface area contributed by atoms with E-state index in [0.717, 1.165) is 0 Å². The molecule has 0 radical (unpaired) electrons. The standard InChI is InChI=1S/C13H12BrF3N2O/c1-6(2)19-12(8(14)5-18-19)13(20)7-3-10(16)11(17)4-9(7)15/h3-6,13,20H,1-2H3. The monoisotopic (exact) mass is 348 g/mol. The number of rotatable bonds is 3. The number of hydrogen-bond acceptors (Lipinski definition) is 2. The van der Waals surface area contributed by atoms with Gasteiger partial charge in [-0.05, 0) is 35.8 Å². The van der Waals surface area contributed by atoms with E-state index in [9.17, 15) is 18.3 Å². The predicted octanol–water partition coefficient (Wildman–Crippen LogP) is 3.73. The lowest BCUT2D eigenvalue weighted by atomic mass is 10.1. The summed E-state index contributed by atoms with van der Waals surface area (Å²) in [6.45, 7) is 3.66. The van der Waals surface area contributed by atoms with Crippen molar-refractivity contribution in [3.63, 3.8) is 0 Å². The molecule has 1 heterocycles. The first-order valence-corrected chi connectivity index (χ1v) is 6.67. The molecular weight excluding hydrogens is 337 g/mol. The topological polar surface area (TPSA) is 38.0 Å². The highest BCUT2D eigenvalue weighted by Crippen LogP contribution is 2.32. The van der Waals surface area contributed by atoms with E-state index in [1.807, 2.05) is 13.8 Å². The summed E-state index contributed by atoms with van der Waals surface area (Å²) in [4.78, 5) is 0. The van der Waals surface area contributed by atoms with Gasteiger partial charge >= 0.3 is 0 Å². The van der Waals surface area contributed by atoms with Gasteiger partial charge in [0.1, 0.15) is 11.9 Å². The molecule has 1 aromatic heterocycles. The Morgan fingerprint density at radius 3 is 2.35 bits per heavy atom. The van der Waals surface area contributed by atoms with E-state index in [1.165, 1.54) is 10.9 Å². The zero-order chi connectivity index (χ0) is 15.0. The van der Waals surface area contributed by atoms with E-state index in [0.29, 0.717) is 16.6 Å². The minimum atomic E-state index is -1.45. The zero-order valence-electron chi connectivity index (χ0n) is 10.7. The molecule has 0 fully saturated rings. The normalized spacial score (nSPS) is 13.0. The van der Waals surface area contributed by atoms with Crippen molar-refractivity contribution in [3.8, 4) is 0 Å². The molecule has 3 nitrogen and oxygen atoms in total. The summed E-state index contributed by atoms with van der Waals surface area (Å²) in [6.07, 6.45) is 0.000419. The van der Waals surface area contributed by atoms with E-state index in [-0.39, 0.29) is 17.3 Å². The second-order valence-electron chi connectivity index (χ2n) is 4.61. The van der Waals surface area contributed by atoms with Crippen molar-refractivity contribution in [2.45, 2.75) is 26.0 Å². The lowest BCUT2D eigenvalue weighted by molar-refractivity contribution is 0.198. The lowest BCUT2D eigenvalue weighted by Gasteiger charge is -2.17. The molecule has 0 aliphatic carbocycles. The molecule has 0 aliphatic heterocycles. The molecule has 1 unspecified atom stereocenters. The third-order valence-electron chi connectivity index (χ3n) is 2.87. The molecule has 1 N–H and O–H groups in total. The van der Waals surface area contributed by atoms with Gasteiger partial charge < -0.3 is 5.11 Å². The average Bonchev–Trinajstić information content (AvgIpc) is 2.75. The van der Waals surface area contributed by atoms with Gasteiger partial charge in [0.15, 0.2) is 11.6 Å². The Hall–Kier alpha value is -1.34. The number of nitrogens with zero attached hydrogens (tertiary/aromatic N) is 2. The summed E-state index contributed by atoms with van der Waals surface area (Å²) in [6, 6.07) is 0.983. The van der Waals surface area contributed by atoms with E-state index >= 15 is 0 Å². The average molecular weight is 349 g/mol. The highest BCUT2D eigenvalue weighted by molar-refractivity contribution is 9.10. The van der Waals surface area contributed by atoms with Gasteiger partial charge in [-0.2, -0.15) is 5.10 Å². The molecule has 2 rings (SSSR count).